The number of amides is 1. The van der Waals surface area contributed by atoms with E-state index in [0.29, 0.717) is 18.0 Å². The molecule has 5 heteroatoms. The Hall–Kier alpha value is -2.69. The number of hydrogen-bond acceptors (Lipinski definition) is 4. The average molecular weight is 342 g/mol. The Morgan fingerprint density at radius 3 is 2.52 bits per heavy atom. The third kappa shape index (κ3) is 4.89. The highest BCUT2D eigenvalue weighted by Gasteiger charge is 2.08. The lowest BCUT2D eigenvalue weighted by molar-refractivity contribution is -0.119. The van der Waals surface area contributed by atoms with Gasteiger partial charge in [-0.1, -0.05) is 31.2 Å². The van der Waals surface area contributed by atoms with Gasteiger partial charge in [0, 0.05) is 12.2 Å². The summed E-state index contributed by atoms with van der Waals surface area (Å²) >= 11 is 0. The zero-order valence-corrected chi connectivity index (χ0v) is 15.3. The summed E-state index contributed by atoms with van der Waals surface area (Å²) in [7, 11) is 3.19. The first-order valence-corrected chi connectivity index (χ1v) is 8.39. The fourth-order valence-electron chi connectivity index (χ4n) is 2.70. The molecule has 134 valence electrons. The van der Waals surface area contributed by atoms with Crippen LogP contribution < -0.4 is 20.1 Å². The minimum atomic E-state index is -0.0555. The second kappa shape index (κ2) is 8.97. The van der Waals surface area contributed by atoms with E-state index in [1.807, 2.05) is 37.3 Å². The van der Waals surface area contributed by atoms with Crippen LogP contribution in [-0.2, 0) is 17.8 Å². The Bertz CT molecular complexity index is 729. The van der Waals surface area contributed by atoms with Gasteiger partial charge in [0.15, 0.2) is 11.5 Å². The van der Waals surface area contributed by atoms with Gasteiger partial charge in [0.2, 0.25) is 5.91 Å². The molecule has 0 fully saturated rings. The van der Waals surface area contributed by atoms with Crippen LogP contribution in [0.2, 0.25) is 0 Å². The van der Waals surface area contributed by atoms with Crippen molar-refractivity contribution < 1.29 is 14.3 Å². The standard InChI is InChI=1S/C20H26N2O3/c1-5-16-8-6-7-14(2)20(16)22-13-19(23)21-12-15-9-10-17(24-3)18(11-15)25-4/h6-11,22H,5,12-13H2,1-4H3,(H,21,23). The summed E-state index contributed by atoms with van der Waals surface area (Å²) in [6.45, 7) is 4.83. The Balaban J connectivity index is 1.91. The van der Waals surface area contributed by atoms with Crippen molar-refractivity contribution in [1.29, 1.82) is 0 Å². The van der Waals surface area contributed by atoms with Gasteiger partial charge in [-0.2, -0.15) is 0 Å². The Morgan fingerprint density at radius 2 is 1.84 bits per heavy atom. The van der Waals surface area contributed by atoms with E-state index in [4.69, 9.17) is 9.47 Å². The lowest BCUT2D eigenvalue weighted by atomic mass is 10.1. The second-order valence-corrected chi connectivity index (χ2v) is 5.78. The monoisotopic (exact) mass is 342 g/mol. The number of para-hydroxylation sites is 1. The molecule has 0 bridgehead atoms. The molecule has 0 radical (unpaired) electrons. The molecule has 0 aliphatic heterocycles. The zero-order valence-electron chi connectivity index (χ0n) is 15.3. The molecule has 0 aliphatic carbocycles. The van der Waals surface area contributed by atoms with Crippen LogP contribution in [0.25, 0.3) is 0 Å². The van der Waals surface area contributed by atoms with Crippen molar-refractivity contribution in [1.82, 2.24) is 5.32 Å². The molecule has 0 aromatic heterocycles. The van der Waals surface area contributed by atoms with Crippen LogP contribution in [0.4, 0.5) is 5.69 Å². The molecule has 0 saturated heterocycles. The van der Waals surface area contributed by atoms with E-state index in [1.165, 1.54) is 5.56 Å². The van der Waals surface area contributed by atoms with Crippen molar-refractivity contribution in [3.63, 3.8) is 0 Å². The molecule has 2 N–H and O–H groups in total. The molecular weight excluding hydrogens is 316 g/mol. The zero-order chi connectivity index (χ0) is 18.2. The van der Waals surface area contributed by atoms with E-state index in [2.05, 4.69) is 23.6 Å². The number of benzene rings is 2. The Morgan fingerprint density at radius 1 is 1.08 bits per heavy atom. The topological polar surface area (TPSA) is 59.6 Å². The Kier molecular flexibility index (Phi) is 6.69. The summed E-state index contributed by atoms with van der Waals surface area (Å²) in [6.07, 6.45) is 0.928. The SMILES string of the molecule is CCc1cccc(C)c1NCC(=O)NCc1ccc(OC)c(OC)c1. The predicted molar refractivity (Wildman–Crippen MR) is 100 cm³/mol. The second-order valence-electron chi connectivity index (χ2n) is 5.78. The highest BCUT2D eigenvalue weighted by molar-refractivity contribution is 5.81. The summed E-state index contributed by atoms with van der Waals surface area (Å²) < 4.78 is 10.5. The van der Waals surface area contributed by atoms with Crippen LogP contribution in [-0.4, -0.2) is 26.7 Å². The van der Waals surface area contributed by atoms with Crippen LogP contribution in [0.3, 0.4) is 0 Å². The molecule has 2 aromatic carbocycles. The van der Waals surface area contributed by atoms with Gasteiger partial charge in [0.25, 0.3) is 0 Å². The molecule has 2 rings (SSSR count). The van der Waals surface area contributed by atoms with Gasteiger partial charge in [-0.3, -0.25) is 4.79 Å². The number of methoxy groups -OCH3 is 2. The van der Waals surface area contributed by atoms with Crippen molar-refractivity contribution in [2.45, 2.75) is 26.8 Å². The largest absolute Gasteiger partial charge is 0.493 e. The van der Waals surface area contributed by atoms with E-state index in [9.17, 15) is 4.79 Å². The van der Waals surface area contributed by atoms with Crippen molar-refractivity contribution in [3.8, 4) is 11.5 Å². The normalized spacial score (nSPS) is 10.2. The molecule has 0 aliphatic rings. The van der Waals surface area contributed by atoms with Gasteiger partial charge >= 0.3 is 0 Å². The summed E-state index contributed by atoms with van der Waals surface area (Å²) in [4.78, 5) is 12.1. The van der Waals surface area contributed by atoms with E-state index < -0.39 is 0 Å². The Labute approximate surface area is 149 Å². The smallest absolute Gasteiger partial charge is 0.239 e. The van der Waals surface area contributed by atoms with Crippen molar-refractivity contribution in [2.24, 2.45) is 0 Å². The van der Waals surface area contributed by atoms with Crippen LogP contribution in [0.1, 0.15) is 23.6 Å². The lowest BCUT2D eigenvalue weighted by Gasteiger charge is -2.14. The third-order valence-corrected chi connectivity index (χ3v) is 4.10. The number of anilines is 1. The molecule has 1 amide bonds. The van der Waals surface area contributed by atoms with Gasteiger partial charge < -0.3 is 20.1 Å². The number of nitrogens with one attached hydrogen (secondary N) is 2. The molecule has 0 saturated carbocycles. The third-order valence-electron chi connectivity index (χ3n) is 4.10. The number of ether oxygens (including phenoxy) is 2. The summed E-state index contributed by atoms with van der Waals surface area (Å²) in [5.74, 6) is 1.27. The number of carbonyl (C=O) groups is 1. The van der Waals surface area contributed by atoms with Crippen molar-refractivity contribution >= 4 is 11.6 Å². The summed E-state index contributed by atoms with van der Waals surface area (Å²) in [6, 6.07) is 11.8. The molecule has 0 atom stereocenters. The quantitative estimate of drug-likeness (QED) is 0.773. The fraction of sp³-hybridized carbons (Fsp3) is 0.350. The van der Waals surface area contributed by atoms with Crippen molar-refractivity contribution in [2.75, 3.05) is 26.1 Å². The van der Waals surface area contributed by atoms with Crippen LogP contribution >= 0.6 is 0 Å². The fourth-order valence-corrected chi connectivity index (χ4v) is 2.70. The maximum absolute atomic E-state index is 12.1. The van der Waals surface area contributed by atoms with E-state index in [0.717, 1.165) is 23.2 Å². The highest BCUT2D eigenvalue weighted by atomic mass is 16.5. The number of hydrogen-bond donors (Lipinski definition) is 2. The maximum atomic E-state index is 12.1. The lowest BCUT2D eigenvalue weighted by Crippen LogP contribution is -2.29. The molecular formula is C20H26N2O3. The van der Waals surface area contributed by atoms with Gasteiger partial charge in [-0.25, -0.2) is 0 Å². The molecule has 5 nitrogen and oxygen atoms in total. The number of carbonyl (C=O) groups excluding carboxylic acids is 1. The molecule has 2 aromatic rings. The summed E-state index contributed by atoms with van der Waals surface area (Å²) in [5, 5.41) is 6.17. The van der Waals surface area contributed by atoms with E-state index >= 15 is 0 Å². The van der Waals surface area contributed by atoms with Crippen LogP contribution in [0, 0.1) is 6.92 Å². The first kappa shape index (κ1) is 18.6. The van der Waals surface area contributed by atoms with Gasteiger partial charge in [-0.15, -0.1) is 0 Å². The summed E-state index contributed by atoms with van der Waals surface area (Å²) in [5.41, 5.74) is 4.36. The van der Waals surface area contributed by atoms with Crippen molar-refractivity contribution in [3.05, 3.63) is 53.1 Å². The first-order valence-electron chi connectivity index (χ1n) is 8.39. The number of rotatable bonds is 8. The van der Waals surface area contributed by atoms with E-state index in [-0.39, 0.29) is 12.5 Å². The molecule has 0 unspecified atom stereocenters. The molecule has 25 heavy (non-hydrogen) atoms. The highest BCUT2D eigenvalue weighted by Crippen LogP contribution is 2.27. The van der Waals surface area contributed by atoms with Gasteiger partial charge in [0.1, 0.15) is 0 Å². The minimum Gasteiger partial charge on any atom is -0.493 e. The average Bonchev–Trinajstić information content (AvgIpc) is 2.64. The van der Waals surface area contributed by atoms with Gasteiger partial charge in [-0.05, 0) is 42.2 Å². The first-order chi connectivity index (χ1) is 12.1. The molecule has 0 heterocycles. The van der Waals surface area contributed by atoms with Crippen LogP contribution in [0.5, 0.6) is 11.5 Å². The maximum Gasteiger partial charge on any atom is 0.239 e. The van der Waals surface area contributed by atoms with E-state index in [1.54, 1.807) is 14.2 Å². The van der Waals surface area contributed by atoms with Crippen LogP contribution in [0.15, 0.2) is 36.4 Å². The predicted octanol–water partition coefficient (Wildman–Crippen LogP) is 3.30. The minimum absolute atomic E-state index is 0.0555. The molecule has 0 spiro atoms. The number of aryl methyl sites for hydroxylation is 2. The van der Waals surface area contributed by atoms with Gasteiger partial charge in [0.05, 0.1) is 20.8 Å².